The van der Waals surface area contributed by atoms with Crippen molar-refractivity contribution >= 4 is 23.4 Å². The van der Waals surface area contributed by atoms with E-state index in [1.54, 1.807) is 14.2 Å². The van der Waals surface area contributed by atoms with Crippen molar-refractivity contribution in [3.8, 4) is 11.5 Å². The molecule has 0 spiro atoms. The van der Waals surface area contributed by atoms with Crippen LogP contribution in [-0.2, 0) is 4.79 Å². The zero-order valence-corrected chi connectivity index (χ0v) is 19.7. The number of hydrogen-bond donors (Lipinski definition) is 1. The Labute approximate surface area is 196 Å². The minimum atomic E-state index is -0.323. The molecule has 1 N–H and O–H groups in total. The number of amides is 1. The summed E-state index contributed by atoms with van der Waals surface area (Å²) in [5.41, 5.74) is 3.74. The van der Waals surface area contributed by atoms with Crippen LogP contribution >= 0.6 is 11.8 Å². The molecule has 2 aromatic carbocycles. The van der Waals surface area contributed by atoms with Gasteiger partial charge < -0.3 is 14.8 Å². The van der Waals surface area contributed by atoms with Crippen LogP contribution in [0.5, 0.6) is 11.5 Å². The first kappa shape index (κ1) is 22.6. The van der Waals surface area contributed by atoms with E-state index in [0.29, 0.717) is 10.9 Å². The van der Waals surface area contributed by atoms with Gasteiger partial charge in [-0.1, -0.05) is 36.0 Å². The number of nitrogens with one attached hydrogen (secondary N) is 1. The van der Waals surface area contributed by atoms with Crippen molar-refractivity contribution in [1.82, 2.24) is 24.9 Å². The number of aryl methyl sites for hydroxylation is 2. The number of ether oxygens (including phenoxy) is 2. The van der Waals surface area contributed by atoms with Gasteiger partial charge in [0.2, 0.25) is 5.91 Å². The largest absolute Gasteiger partial charge is 0.497 e. The number of aromatic nitrogens is 4. The molecule has 0 bridgehead atoms. The molecule has 0 aliphatic rings. The number of nitrogens with zero attached hydrogens (tertiary/aromatic N) is 4. The summed E-state index contributed by atoms with van der Waals surface area (Å²) in [6.07, 6.45) is 0. The van der Waals surface area contributed by atoms with Crippen molar-refractivity contribution in [1.29, 1.82) is 0 Å². The molecule has 8 nitrogen and oxygen atoms in total. The van der Waals surface area contributed by atoms with Crippen molar-refractivity contribution in [3.63, 3.8) is 0 Å². The van der Waals surface area contributed by atoms with Crippen LogP contribution in [0.15, 0.2) is 59.8 Å². The number of carbonyl (C=O) groups excluding carboxylic acids is 1. The first-order valence-corrected chi connectivity index (χ1v) is 11.4. The summed E-state index contributed by atoms with van der Waals surface area (Å²) in [4.78, 5) is 17.4. The predicted molar refractivity (Wildman–Crippen MR) is 127 cm³/mol. The molecule has 170 valence electrons. The fourth-order valence-corrected chi connectivity index (χ4v) is 4.38. The van der Waals surface area contributed by atoms with Gasteiger partial charge in [-0.3, -0.25) is 9.20 Å². The van der Waals surface area contributed by atoms with Crippen LogP contribution in [0.1, 0.15) is 28.6 Å². The van der Waals surface area contributed by atoms with E-state index in [9.17, 15) is 4.79 Å². The van der Waals surface area contributed by atoms with Crippen LogP contribution in [0.4, 0.5) is 0 Å². The molecule has 1 amide bonds. The number of hydrogen-bond acceptors (Lipinski definition) is 7. The minimum Gasteiger partial charge on any atom is -0.497 e. The van der Waals surface area contributed by atoms with Gasteiger partial charge in [-0.25, -0.2) is 4.98 Å². The van der Waals surface area contributed by atoms with E-state index in [0.717, 1.165) is 34.0 Å². The highest BCUT2D eigenvalue weighted by atomic mass is 32.2. The van der Waals surface area contributed by atoms with Crippen LogP contribution in [0.2, 0.25) is 0 Å². The molecule has 0 aliphatic heterocycles. The minimum absolute atomic E-state index is 0.119. The van der Waals surface area contributed by atoms with Crippen LogP contribution in [0.25, 0.3) is 5.78 Å². The van der Waals surface area contributed by atoms with E-state index < -0.39 is 0 Å². The van der Waals surface area contributed by atoms with Gasteiger partial charge in [-0.05, 0) is 55.3 Å². The Kier molecular flexibility index (Phi) is 6.79. The van der Waals surface area contributed by atoms with Crippen molar-refractivity contribution in [2.75, 3.05) is 20.0 Å². The summed E-state index contributed by atoms with van der Waals surface area (Å²) in [5, 5.41) is 12.1. The number of benzene rings is 2. The second-order valence-electron chi connectivity index (χ2n) is 7.49. The van der Waals surface area contributed by atoms with E-state index >= 15 is 0 Å². The highest BCUT2D eigenvalue weighted by Crippen LogP contribution is 2.26. The Bertz CT molecular complexity index is 1210. The smallest absolute Gasteiger partial charge is 0.256 e. The Morgan fingerprint density at radius 3 is 2.09 bits per heavy atom. The highest BCUT2D eigenvalue weighted by molar-refractivity contribution is 7.99. The monoisotopic (exact) mass is 463 g/mol. The summed E-state index contributed by atoms with van der Waals surface area (Å²) >= 11 is 1.33. The molecule has 0 radical (unpaired) electrons. The normalized spacial score (nSPS) is 11.1. The van der Waals surface area contributed by atoms with Gasteiger partial charge in [0, 0.05) is 11.4 Å². The first-order valence-electron chi connectivity index (χ1n) is 10.4. The third-order valence-corrected chi connectivity index (χ3v) is 6.13. The van der Waals surface area contributed by atoms with Crippen molar-refractivity contribution in [2.24, 2.45) is 0 Å². The maximum Gasteiger partial charge on any atom is 0.256 e. The zero-order chi connectivity index (χ0) is 23.4. The summed E-state index contributed by atoms with van der Waals surface area (Å²) < 4.78 is 12.4. The molecule has 4 rings (SSSR count). The zero-order valence-electron chi connectivity index (χ0n) is 18.9. The van der Waals surface area contributed by atoms with Gasteiger partial charge in [-0.15, -0.1) is 10.2 Å². The van der Waals surface area contributed by atoms with Gasteiger partial charge in [-0.2, -0.15) is 0 Å². The summed E-state index contributed by atoms with van der Waals surface area (Å²) in [7, 11) is 3.25. The molecule has 0 atom stereocenters. The summed E-state index contributed by atoms with van der Waals surface area (Å²) in [6.45, 7) is 3.89. The standard InChI is InChI=1S/C24H25N5O3S/c1-15-13-16(2)29-23(25-15)27-28-24(29)33-14-21(30)26-22(17-5-9-19(31-3)10-6-17)18-7-11-20(32-4)12-8-18/h5-13,22H,14H2,1-4H3,(H,26,30). The van der Waals surface area contributed by atoms with E-state index in [1.165, 1.54) is 11.8 Å². The Hall–Kier alpha value is -3.59. The summed E-state index contributed by atoms with van der Waals surface area (Å²) in [6, 6.07) is 17.0. The second-order valence-corrected chi connectivity index (χ2v) is 8.43. The topological polar surface area (TPSA) is 90.6 Å². The van der Waals surface area contributed by atoms with Gasteiger partial charge in [0.25, 0.3) is 5.78 Å². The number of rotatable bonds is 8. The predicted octanol–water partition coefficient (Wildman–Crippen LogP) is 3.76. The lowest BCUT2D eigenvalue weighted by atomic mass is 9.98. The van der Waals surface area contributed by atoms with Crippen LogP contribution in [-0.4, -0.2) is 45.5 Å². The SMILES string of the molecule is COc1ccc(C(NC(=O)CSc2nnc3nc(C)cc(C)n23)c2ccc(OC)cc2)cc1. The maximum atomic E-state index is 13.0. The Balaban J connectivity index is 1.53. The van der Waals surface area contributed by atoms with E-state index in [1.807, 2.05) is 72.8 Å². The van der Waals surface area contributed by atoms with Crippen molar-refractivity contribution < 1.29 is 14.3 Å². The number of thioether (sulfide) groups is 1. The third kappa shape index (κ3) is 5.09. The van der Waals surface area contributed by atoms with Crippen LogP contribution < -0.4 is 14.8 Å². The highest BCUT2D eigenvalue weighted by Gasteiger charge is 2.19. The average Bonchev–Trinajstić information content (AvgIpc) is 3.24. The number of fused-ring (bicyclic) bond motifs is 1. The lowest BCUT2D eigenvalue weighted by Crippen LogP contribution is -2.30. The van der Waals surface area contributed by atoms with E-state index in [2.05, 4.69) is 20.5 Å². The van der Waals surface area contributed by atoms with Gasteiger partial charge in [0.05, 0.1) is 26.0 Å². The van der Waals surface area contributed by atoms with Gasteiger partial charge in [0.1, 0.15) is 11.5 Å². The first-order chi connectivity index (χ1) is 16.0. The third-order valence-electron chi connectivity index (χ3n) is 5.20. The van der Waals surface area contributed by atoms with Gasteiger partial charge in [0.15, 0.2) is 5.16 Å². The molecule has 0 aliphatic carbocycles. The lowest BCUT2D eigenvalue weighted by Gasteiger charge is -2.20. The fourth-order valence-electron chi connectivity index (χ4n) is 3.58. The van der Waals surface area contributed by atoms with E-state index in [-0.39, 0.29) is 17.7 Å². The fraction of sp³-hybridized carbons (Fsp3) is 0.250. The Morgan fingerprint density at radius 1 is 0.970 bits per heavy atom. The number of carbonyl (C=O) groups is 1. The molecular weight excluding hydrogens is 438 g/mol. The van der Waals surface area contributed by atoms with Gasteiger partial charge >= 0.3 is 0 Å². The van der Waals surface area contributed by atoms with Crippen LogP contribution in [0.3, 0.4) is 0 Å². The Morgan fingerprint density at radius 2 is 1.55 bits per heavy atom. The molecule has 0 unspecified atom stereocenters. The molecule has 9 heteroatoms. The van der Waals surface area contributed by atoms with E-state index in [4.69, 9.17) is 9.47 Å². The van der Waals surface area contributed by atoms with Crippen LogP contribution in [0, 0.1) is 13.8 Å². The molecule has 0 saturated heterocycles. The number of methoxy groups -OCH3 is 2. The molecule has 2 heterocycles. The molecule has 0 fully saturated rings. The summed E-state index contributed by atoms with van der Waals surface area (Å²) in [5.74, 6) is 2.12. The molecule has 4 aromatic rings. The average molecular weight is 464 g/mol. The molecule has 2 aromatic heterocycles. The second kappa shape index (κ2) is 9.91. The lowest BCUT2D eigenvalue weighted by molar-refractivity contribution is -0.119. The quantitative estimate of drug-likeness (QED) is 0.398. The molecule has 33 heavy (non-hydrogen) atoms. The molecular formula is C24H25N5O3S. The van der Waals surface area contributed by atoms with Crippen molar-refractivity contribution in [3.05, 3.63) is 77.1 Å². The molecule has 0 saturated carbocycles. The van der Waals surface area contributed by atoms with Crippen molar-refractivity contribution in [2.45, 2.75) is 25.0 Å². The maximum absolute atomic E-state index is 13.0.